The fraction of sp³-hybridized carbons (Fsp3) is 0.435. The first-order valence-corrected chi connectivity index (χ1v) is 11.2. The van der Waals surface area contributed by atoms with Gasteiger partial charge in [-0.05, 0) is 43.0 Å². The lowest BCUT2D eigenvalue weighted by Gasteiger charge is -2.21. The molecule has 0 fully saturated rings. The standard InChI is InChI=1S/C19H21N5OS.C2H6O.C2H6/c1-10-5-14(21)11(8-20)6-15(10)24-18-17-13-4-3-12(25-2)7-16(13)26-19(17)23-9-22-18;1-3-2;1-2/h5-6,8-9,12,20H,3-4,7,21H2,1-2H3,(H,22,23,24);1-2H3;1-2H3. The number of thiophene rings is 1. The maximum Gasteiger partial charge on any atom is 0.142 e. The van der Waals surface area contributed by atoms with Crippen LogP contribution in [0, 0.1) is 12.3 Å². The average molecular weight is 444 g/mol. The highest BCUT2D eigenvalue weighted by molar-refractivity contribution is 7.19. The number of nitrogens with zero attached hydrogens (tertiary/aromatic N) is 2. The van der Waals surface area contributed by atoms with Gasteiger partial charge in [-0.2, -0.15) is 0 Å². The average Bonchev–Trinajstić information content (AvgIpc) is 3.16. The molecule has 1 unspecified atom stereocenters. The largest absolute Gasteiger partial charge is 0.398 e. The maximum absolute atomic E-state index is 7.53. The van der Waals surface area contributed by atoms with Gasteiger partial charge < -0.3 is 25.9 Å². The first-order valence-electron chi connectivity index (χ1n) is 10.4. The van der Waals surface area contributed by atoms with Crippen LogP contribution in [0.25, 0.3) is 10.2 Å². The predicted molar refractivity (Wildman–Crippen MR) is 131 cm³/mol. The molecular formula is C23H33N5O2S. The number of fused-ring (bicyclic) bond motifs is 3. The predicted octanol–water partition coefficient (Wildman–Crippen LogP) is 5.12. The van der Waals surface area contributed by atoms with Gasteiger partial charge in [-0.25, -0.2) is 9.97 Å². The van der Waals surface area contributed by atoms with Crippen molar-refractivity contribution in [3.8, 4) is 0 Å². The molecule has 0 amide bonds. The van der Waals surface area contributed by atoms with E-state index in [0.717, 1.165) is 46.5 Å². The van der Waals surface area contributed by atoms with Gasteiger partial charge >= 0.3 is 0 Å². The van der Waals surface area contributed by atoms with E-state index in [1.165, 1.54) is 16.7 Å². The molecule has 1 aliphatic rings. The van der Waals surface area contributed by atoms with Gasteiger partial charge in [-0.1, -0.05) is 13.8 Å². The second kappa shape index (κ2) is 11.7. The van der Waals surface area contributed by atoms with Crippen molar-refractivity contribution in [3.05, 3.63) is 40.0 Å². The summed E-state index contributed by atoms with van der Waals surface area (Å²) in [6.45, 7) is 6.00. The molecule has 4 rings (SSSR count). The number of nitrogens with two attached hydrogens (primary N) is 1. The lowest BCUT2D eigenvalue weighted by atomic mass is 9.94. The summed E-state index contributed by atoms with van der Waals surface area (Å²) in [7, 11) is 5.03. The molecule has 0 spiro atoms. The summed E-state index contributed by atoms with van der Waals surface area (Å²) in [5.74, 6) is 0.812. The Bertz CT molecular complexity index is 1020. The number of aromatic nitrogens is 2. The van der Waals surface area contributed by atoms with Gasteiger partial charge in [0.15, 0.2) is 0 Å². The summed E-state index contributed by atoms with van der Waals surface area (Å²) in [6.07, 6.45) is 6.09. The van der Waals surface area contributed by atoms with Gasteiger partial charge in [0.05, 0.1) is 11.5 Å². The Hall–Kier alpha value is -2.55. The first-order chi connectivity index (χ1) is 15.0. The molecule has 7 nitrogen and oxygen atoms in total. The number of aryl methyl sites for hydroxylation is 2. The lowest BCUT2D eigenvalue weighted by Crippen LogP contribution is -2.19. The first kappa shape index (κ1) is 24.7. The van der Waals surface area contributed by atoms with Crippen molar-refractivity contribution in [2.24, 2.45) is 0 Å². The number of nitrogens with one attached hydrogen (secondary N) is 2. The molecule has 8 heteroatoms. The van der Waals surface area contributed by atoms with Gasteiger partial charge in [0, 0.05) is 55.8 Å². The van der Waals surface area contributed by atoms with Crippen LogP contribution in [0.1, 0.15) is 41.8 Å². The molecule has 1 atom stereocenters. The van der Waals surface area contributed by atoms with Crippen LogP contribution in [0.5, 0.6) is 0 Å². The Morgan fingerprint density at radius 3 is 2.58 bits per heavy atom. The fourth-order valence-electron chi connectivity index (χ4n) is 3.51. The Morgan fingerprint density at radius 2 is 1.94 bits per heavy atom. The molecule has 2 aromatic heterocycles. The molecular weight excluding hydrogens is 410 g/mol. The molecule has 4 N–H and O–H groups in total. The summed E-state index contributed by atoms with van der Waals surface area (Å²) in [6, 6.07) is 3.78. The molecule has 0 aliphatic heterocycles. The minimum Gasteiger partial charge on any atom is -0.398 e. The smallest absolute Gasteiger partial charge is 0.142 e. The number of methoxy groups -OCH3 is 2. The van der Waals surface area contributed by atoms with Crippen molar-refractivity contribution in [3.63, 3.8) is 0 Å². The van der Waals surface area contributed by atoms with E-state index in [-0.39, 0.29) is 6.10 Å². The molecule has 3 aromatic rings. The zero-order valence-corrected chi connectivity index (χ0v) is 20.0. The highest BCUT2D eigenvalue weighted by Crippen LogP contribution is 2.39. The summed E-state index contributed by atoms with van der Waals surface area (Å²) >= 11 is 1.73. The zero-order valence-electron chi connectivity index (χ0n) is 19.2. The summed E-state index contributed by atoms with van der Waals surface area (Å²) in [5.41, 5.74) is 10.5. The van der Waals surface area contributed by atoms with Crippen molar-refractivity contribution in [1.82, 2.24) is 9.97 Å². The normalized spacial score (nSPS) is 14.6. The van der Waals surface area contributed by atoms with Gasteiger partial charge in [0.25, 0.3) is 0 Å². The highest BCUT2D eigenvalue weighted by atomic mass is 32.1. The molecule has 2 heterocycles. The van der Waals surface area contributed by atoms with Crippen LogP contribution < -0.4 is 11.1 Å². The van der Waals surface area contributed by atoms with Crippen molar-refractivity contribution in [1.29, 1.82) is 5.41 Å². The molecule has 1 aromatic carbocycles. The van der Waals surface area contributed by atoms with E-state index in [1.807, 2.05) is 32.9 Å². The van der Waals surface area contributed by atoms with E-state index in [0.29, 0.717) is 11.3 Å². The Labute approximate surface area is 188 Å². The van der Waals surface area contributed by atoms with Crippen molar-refractivity contribution in [2.45, 2.75) is 46.1 Å². The van der Waals surface area contributed by atoms with Crippen LogP contribution >= 0.6 is 11.3 Å². The van der Waals surface area contributed by atoms with E-state index in [9.17, 15) is 0 Å². The third-order valence-electron chi connectivity index (χ3n) is 4.97. The van der Waals surface area contributed by atoms with E-state index in [2.05, 4.69) is 20.0 Å². The number of rotatable bonds is 4. The highest BCUT2D eigenvalue weighted by Gasteiger charge is 2.25. The number of anilines is 3. The summed E-state index contributed by atoms with van der Waals surface area (Å²) in [5, 5.41) is 12.1. The third-order valence-corrected chi connectivity index (χ3v) is 6.13. The topological polar surface area (TPSA) is 106 Å². The van der Waals surface area contributed by atoms with Crippen molar-refractivity contribution >= 4 is 45.0 Å². The van der Waals surface area contributed by atoms with Gasteiger partial charge in [-0.15, -0.1) is 11.3 Å². The Morgan fingerprint density at radius 1 is 1.23 bits per heavy atom. The molecule has 31 heavy (non-hydrogen) atoms. The quantitative estimate of drug-likeness (QED) is 0.382. The van der Waals surface area contributed by atoms with Crippen LogP contribution in [0.15, 0.2) is 18.5 Å². The third kappa shape index (κ3) is 5.58. The number of hydrogen-bond acceptors (Lipinski definition) is 8. The SMILES string of the molecule is CC.COC.COC1CCc2c(sc3ncnc(Nc4cc(C=N)c(N)cc4C)c23)C1. The number of nitrogen functional groups attached to an aromatic ring is 1. The van der Waals surface area contributed by atoms with Crippen LogP contribution in [-0.2, 0) is 22.3 Å². The second-order valence-electron chi connectivity index (χ2n) is 6.98. The number of benzene rings is 1. The summed E-state index contributed by atoms with van der Waals surface area (Å²) in [4.78, 5) is 11.3. The Balaban J connectivity index is 0.000000630. The van der Waals surface area contributed by atoms with Crippen LogP contribution in [0.4, 0.5) is 17.2 Å². The molecule has 0 bridgehead atoms. The van der Waals surface area contributed by atoms with Crippen molar-refractivity contribution in [2.75, 3.05) is 32.4 Å². The van der Waals surface area contributed by atoms with Gasteiger partial charge in [0.2, 0.25) is 0 Å². The molecule has 0 saturated carbocycles. The van der Waals surface area contributed by atoms with E-state index >= 15 is 0 Å². The van der Waals surface area contributed by atoms with Gasteiger partial charge in [-0.3, -0.25) is 0 Å². The van der Waals surface area contributed by atoms with E-state index in [1.54, 1.807) is 39.0 Å². The van der Waals surface area contributed by atoms with Gasteiger partial charge in [0.1, 0.15) is 17.0 Å². The number of ether oxygens (including phenoxy) is 2. The van der Waals surface area contributed by atoms with Crippen LogP contribution in [0.3, 0.4) is 0 Å². The van der Waals surface area contributed by atoms with E-state index in [4.69, 9.17) is 15.9 Å². The molecule has 1 aliphatic carbocycles. The van der Waals surface area contributed by atoms with Crippen LogP contribution in [-0.4, -0.2) is 43.6 Å². The minimum atomic E-state index is 0.287. The fourth-order valence-corrected chi connectivity index (χ4v) is 4.76. The monoisotopic (exact) mass is 443 g/mol. The molecule has 0 radical (unpaired) electrons. The minimum absolute atomic E-state index is 0.287. The van der Waals surface area contributed by atoms with Crippen LogP contribution in [0.2, 0.25) is 0 Å². The lowest BCUT2D eigenvalue weighted by molar-refractivity contribution is 0.0922. The van der Waals surface area contributed by atoms with E-state index < -0.39 is 0 Å². The summed E-state index contributed by atoms with van der Waals surface area (Å²) < 4.78 is 9.79. The van der Waals surface area contributed by atoms with Crippen molar-refractivity contribution < 1.29 is 9.47 Å². The second-order valence-corrected chi connectivity index (χ2v) is 8.06. The Kier molecular flexibility index (Phi) is 9.36. The maximum atomic E-state index is 7.53. The zero-order chi connectivity index (χ0) is 23.0. The molecule has 0 saturated heterocycles. The number of hydrogen-bond donors (Lipinski definition) is 3. The molecule has 168 valence electrons.